The number of fused-ring (bicyclic) bond motifs is 2. The highest BCUT2D eigenvalue weighted by Gasteiger charge is 2.27. The molecule has 2 aliphatic rings. The van der Waals surface area contributed by atoms with Crippen LogP contribution in [0, 0.1) is 0 Å². The van der Waals surface area contributed by atoms with Crippen LogP contribution in [0.5, 0.6) is 5.75 Å². The van der Waals surface area contributed by atoms with E-state index < -0.39 is 0 Å². The van der Waals surface area contributed by atoms with Gasteiger partial charge in [-0.3, -0.25) is 14.8 Å². The third-order valence-electron chi connectivity index (χ3n) is 5.42. The van der Waals surface area contributed by atoms with Gasteiger partial charge in [0.1, 0.15) is 5.75 Å². The normalized spacial score (nSPS) is 17.4. The number of nitrogens with one attached hydrogen (secondary N) is 1. The molecule has 26 heavy (non-hydrogen) atoms. The minimum absolute atomic E-state index is 0.0484. The van der Waals surface area contributed by atoms with E-state index in [0.29, 0.717) is 12.5 Å². The molecule has 2 aromatic heterocycles. The Bertz CT molecular complexity index is 1030. The van der Waals surface area contributed by atoms with Gasteiger partial charge in [-0.2, -0.15) is 0 Å². The molecular formula is C20H22N4O2. The number of aromatic amines is 1. The number of aromatic nitrogens is 3. The largest absolute Gasteiger partial charge is 0.497 e. The summed E-state index contributed by atoms with van der Waals surface area (Å²) in [6, 6.07) is 10.1. The summed E-state index contributed by atoms with van der Waals surface area (Å²) in [4.78, 5) is 20.0. The molecule has 3 heterocycles. The van der Waals surface area contributed by atoms with Crippen LogP contribution in [0.15, 0.2) is 35.1 Å². The predicted molar refractivity (Wildman–Crippen MR) is 98.6 cm³/mol. The molecule has 0 unspecified atom stereocenters. The van der Waals surface area contributed by atoms with Gasteiger partial charge in [0.05, 0.1) is 18.4 Å². The Morgan fingerprint density at radius 2 is 2.19 bits per heavy atom. The molecule has 6 heteroatoms. The van der Waals surface area contributed by atoms with Crippen molar-refractivity contribution in [1.82, 2.24) is 19.5 Å². The van der Waals surface area contributed by atoms with Gasteiger partial charge in [-0.25, -0.2) is 9.50 Å². The summed E-state index contributed by atoms with van der Waals surface area (Å²) in [5.41, 5.74) is 4.92. The van der Waals surface area contributed by atoms with Gasteiger partial charge in [0.2, 0.25) is 0 Å². The van der Waals surface area contributed by atoms with Crippen LogP contribution >= 0.6 is 0 Å². The van der Waals surface area contributed by atoms with Crippen molar-refractivity contribution in [2.75, 3.05) is 13.7 Å². The number of hydrogen-bond acceptors (Lipinski definition) is 4. The smallest absolute Gasteiger partial charge is 0.277 e. The zero-order valence-corrected chi connectivity index (χ0v) is 14.9. The maximum absolute atomic E-state index is 13.0. The average molecular weight is 350 g/mol. The summed E-state index contributed by atoms with van der Waals surface area (Å²) in [5.74, 6) is 1.44. The van der Waals surface area contributed by atoms with Crippen molar-refractivity contribution in [2.24, 2.45) is 0 Å². The van der Waals surface area contributed by atoms with E-state index in [1.807, 2.05) is 18.2 Å². The minimum atomic E-state index is 0.0484. The molecule has 0 spiro atoms. The summed E-state index contributed by atoms with van der Waals surface area (Å²) >= 11 is 0. The van der Waals surface area contributed by atoms with Crippen molar-refractivity contribution < 1.29 is 4.74 Å². The number of benzene rings is 1. The third kappa shape index (κ3) is 2.70. The molecule has 0 atom stereocenters. The lowest BCUT2D eigenvalue weighted by Gasteiger charge is -2.27. The van der Waals surface area contributed by atoms with Crippen molar-refractivity contribution >= 4 is 5.65 Å². The molecule has 5 rings (SSSR count). The molecule has 1 aliphatic carbocycles. The highest BCUT2D eigenvalue weighted by molar-refractivity contribution is 5.44. The number of methoxy groups -OCH3 is 1. The van der Waals surface area contributed by atoms with Crippen molar-refractivity contribution in [3.05, 3.63) is 63.2 Å². The lowest BCUT2D eigenvalue weighted by molar-refractivity contribution is 0.241. The van der Waals surface area contributed by atoms with Gasteiger partial charge < -0.3 is 4.74 Å². The van der Waals surface area contributed by atoms with Gasteiger partial charge in [-0.05, 0) is 30.5 Å². The monoisotopic (exact) mass is 350 g/mol. The van der Waals surface area contributed by atoms with Crippen LogP contribution in [0.1, 0.15) is 41.3 Å². The van der Waals surface area contributed by atoms with E-state index in [0.717, 1.165) is 47.9 Å². The fraction of sp³-hybridized carbons (Fsp3) is 0.400. The first-order valence-electron chi connectivity index (χ1n) is 9.20. The number of ether oxygens (including phenoxy) is 1. The zero-order valence-electron chi connectivity index (χ0n) is 14.9. The fourth-order valence-corrected chi connectivity index (χ4v) is 3.82. The first-order chi connectivity index (χ1) is 12.7. The van der Waals surface area contributed by atoms with E-state index in [4.69, 9.17) is 9.72 Å². The number of hydrogen-bond donors (Lipinski definition) is 1. The van der Waals surface area contributed by atoms with E-state index in [-0.39, 0.29) is 5.56 Å². The average Bonchev–Trinajstić information content (AvgIpc) is 3.42. The van der Waals surface area contributed by atoms with Crippen LogP contribution in [-0.2, 0) is 19.5 Å². The topological polar surface area (TPSA) is 62.6 Å². The van der Waals surface area contributed by atoms with Gasteiger partial charge in [0.15, 0.2) is 5.65 Å². The second-order valence-electron chi connectivity index (χ2n) is 7.33. The van der Waals surface area contributed by atoms with E-state index in [1.54, 1.807) is 11.6 Å². The molecule has 6 nitrogen and oxygen atoms in total. The van der Waals surface area contributed by atoms with Crippen LogP contribution in [-0.4, -0.2) is 33.2 Å². The molecule has 1 saturated carbocycles. The molecule has 0 radical (unpaired) electrons. The van der Waals surface area contributed by atoms with Crippen LogP contribution in [0.25, 0.3) is 5.65 Å². The first kappa shape index (κ1) is 15.6. The van der Waals surface area contributed by atoms with Gasteiger partial charge in [-0.15, -0.1) is 0 Å². The second kappa shape index (κ2) is 5.99. The number of H-pyrrole nitrogens is 1. The Morgan fingerprint density at radius 1 is 1.31 bits per heavy atom. The molecule has 1 N–H and O–H groups in total. The highest BCUT2D eigenvalue weighted by Crippen LogP contribution is 2.39. The van der Waals surface area contributed by atoms with E-state index in [9.17, 15) is 4.79 Å². The van der Waals surface area contributed by atoms with Gasteiger partial charge in [0, 0.05) is 43.7 Å². The van der Waals surface area contributed by atoms with E-state index in [2.05, 4.69) is 22.1 Å². The van der Waals surface area contributed by atoms with Gasteiger partial charge in [0.25, 0.3) is 5.56 Å². The zero-order chi connectivity index (χ0) is 17.7. The predicted octanol–water partition coefficient (Wildman–Crippen LogP) is 2.47. The molecule has 134 valence electrons. The molecule has 0 amide bonds. The molecule has 1 aliphatic heterocycles. The molecule has 0 saturated heterocycles. The maximum atomic E-state index is 13.0. The Kier molecular flexibility index (Phi) is 3.60. The SMILES string of the molecule is COc1cccc(CN2CCc3nc4cc(C5CC5)[nH]n4c(=O)c3C2)c1. The summed E-state index contributed by atoms with van der Waals surface area (Å²) in [6.45, 7) is 2.35. The molecule has 1 aromatic carbocycles. The number of nitrogens with zero attached hydrogens (tertiary/aromatic N) is 3. The molecule has 0 bridgehead atoms. The Labute approximate surface area is 151 Å². The van der Waals surface area contributed by atoms with Crippen molar-refractivity contribution in [3.63, 3.8) is 0 Å². The molecular weight excluding hydrogens is 328 g/mol. The number of rotatable bonds is 4. The lowest BCUT2D eigenvalue weighted by atomic mass is 10.1. The van der Waals surface area contributed by atoms with Crippen molar-refractivity contribution in [1.29, 1.82) is 0 Å². The van der Waals surface area contributed by atoms with Crippen LogP contribution in [0.3, 0.4) is 0 Å². The third-order valence-corrected chi connectivity index (χ3v) is 5.42. The van der Waals surface area contributed by atoms with Crippen LogP contribution in [0.4, 0.5) is 0 Å². The molecule has 1 fully saturated rings. The van der Waals surface area contributed by atoms with E-state index in [1.165, 1.54) is 18.4 Å². The maximum Gasteiger partial charge on any atom is 0.277 e. The van der Waals surface area contributed by atoms with Gasteiger partial charge >= 0.3 is 0 Å². The summed E-state index contributed by atoms with van der Waals surface area (Å²) < 4.78 is 6.93. The van der Waals surface area contributed by atoms with Crippen molar-refractivity contribution in [3.8, 4) is 5.75 Å². The van der Waals surface area contributed by atoms with Crippen molar-refractivity contribution in [2.45, 2.75) is 38.3 Å². The quantitative estimate of drug-likeness (QED) is 0.785. The first-order valence-corrected chi connectivity index (χ1v) is 9.20. The van der Waals surface area contributed by atoms with Crippen LogP contribution < -0.4 is 10.3 Å². The second-order valence-corrected chi connectivity index (χ2v) is 7.33. The summed E-state index contributed by atoms with van der Waals surface area (Å²) in [6.07, 6.45) is 3.22. The summed E-state index contributed by atoms with van der Waals surface area (Å²) in [5, 5.41) is 3.26. The fourth-order valence-electron chi connectivity index (χ4n) is 3.82. The van der Waals surface area contributed by atoms with E-state index >= 15 is 0 Å². The Hall–Kier alpha value is -2.60. The van der Waals surface area contributed by atoms with Crippen LogP contribution in [0.2, 0.25) is 0 Å². The standard InChI is InChI=1S/C20H22N4O2/c1-26-15-4-2-3-13(9-15)11-23-8-7-17-16(12-23)20(25)24-19(21-17)10-18(22-24)14-5-6-14/h2-4,9-10,14,22H,5-8,11-12H2,1H3. The Morgan fingerprint density at radius 3 is 3.00 bits per heavy atom. The minimum Gasteiger partial charge on any atom is -0.497 e. The highest BCUT2D eigenvalue weighted by atomic mass is 16.5. The Balaban J connectivity index is 1.44. The summed E-state index contributed by atoms with van der Waals surface area (Å²) in [7, 11) is 1.68. The lowest BCUT2D eigenvalue weighted by Crippen LogP contribution is -2.36. The molecule has 3 aromatic rings. The van der Waals surface area contributed by atoms with Gasteiger partial charge in [-0.1, -0.05) is 12.1 Å².